The summed E-state index contributed by atoms with van der Waals surface area (Å²) >= 11 is 0. The van der Waals surface area contributed by atoms with Gasteiger partial charge in [-0.05, 0) is 12.3 Å². The second-order valence-corrected chi connectivity index (χ2v) is 3.56. The lowest BCUT2D eigenvalue weighted by molar-refractivity contribution is 0.425. The van der Waals surface area contributed by atoms with Crippen LogP contribution in [0.2, 0.25) is 0 Å². The van der Waals surface area contributed by atoms with Crippen LogP contribution in [0.25, 0.3) is 0 Å². The Labute approximate surface area is 71.1 Å². The Morgan fingerprint density at radius 2 is 2.00 bits per heavy atom. The first kappa shape index (κ1) is 10.5. The molecule has 0 radical (unpaired) electrons. The second-order valence-electron chi connectivity index (χ2n) is 3.56. The van der Waals surface area contributed by atoms with Crippen LogP contribution >= 0.6 is 0 Å². The minimum Gasteiger partial charge on any atom is -0.381 e. The van der Waals surface area contributed by atoms with Crippen LogP contribution in [0.15, 0.2) is 12.3 Å². The topological polar surface area (TPSA) is 3.24 Å². The molecule has 0 N–H and O–H groups in total. The van der Waals surface area contributed by atoms with E-state index in [2.05, 4.69) is 39.4 Å². The third-order valence-corrected chi connectivity index (χ3v) is 2.00. The molecule has 1 unspecified atom stereocenters. The van der Waals surface area contributed by atoms with Gasteiger partial charge < -0.3 is 4.90 Å². The minimum absolute atomic E-state index is 0.787. The van der Waals surface area contributed by atoms with Gasteiger partial charge >= 0.3 is 0 Å². The molecule has 0 aromatic rings. The highest BCUT2D eigenvalue weighted by Gasteiger charge is 2.03. The fourth-order valence-corrected chi connectivity index (χ4v) is 1.18. The zero-order valence-corrected chi connectivity index (χ0v) is 8.35. The van der Waals surface area contributed by atoms with E-state index in [4.69, 9.17) is 0 Å². The van der Waals surface area contributed by atoms with Crippen molar-refractivity contribution in [2.24, 2.45) is 5.92 Å². The molecular weight excluding hydrogens is 134 g/mol. The van der Waals surface area contributed by atoms with E-state index in [1.54, 1.807) is 0 Å². The van der Waals surface area contributed by atoms with Crippen LogP contribution in [0.1, 0.15) is 33.1 Å². The first-order valence-corrected chi connectivity index (χ1v) is 4.43. The molecule has 0 amide bonds. The average molecular weight is 155 g/mol. The standard InChI is InChI=1S/C10H21N/c1-6-7-9(2)8-10(3)11(4)5/h9H,3,6-8H2,1-2,4-5H3. The number of allylic oxidation sites excluding steroid dienone is 1. The molecule has 0 aliphatic rings. The molecule has 0 fully saturated rings. The highest BCUT2D eigenvalue weighted by atomic mass is 15.1. The molecule has 1 heteroatoms. The molecule has 0 spiro atoms. The average Bonchev–Trinajstić information content (AvgIpc) is 1.87. The molecular formula is C10H21N. The zero-order valence-electron chi connectivity index (χ0n) is 8.35. The van der Waals surface area contributed by atoms with Crippen molar-refractivity contribution in [2.45, 2.75) is 33.1 Å². The van der Waals surface area contributed by atoms with Gasteiger partial charge in [-0.15, -0.1) is 0 Å². The first-order chi connectivity index (χ1) is 5.07. The molecule has 1 nitrogen and oxygen atoms in total. The smallest absolute Gasteiger partial charge is 0.00579 e. The molecule has 11 heavy (non-hydrogen) atoms. The van der Waals surface area contributed by atoms with E-state index in [9.17, 15) is 0 Å². The SMILES string of the molecule is C=C(CC(C)CCC)N(C)C. The van der Waals surface area contributed by atoms with Crippen LogP contribution in [-0.2, 0) is 0 Å². The van der Waals surface area contributed by atoms with Gasteiger partial charge in [0.15, 0.2) is 0 Å². The summed E-state index contributed by atoms with van der Waals surface area (Å²) in [5.41, 5.74) is 1.24. The monoisotopic (exact) mass is 155 g/mol. The van der Waals surface area contributed by atoms with E-state index in [0.717, 1.165) is 12.3 Å². The lowest BCUT2D eigenvalue weighted by atomic mass is 10.0. The van der Waals surface area contributed by atoms with Gasteiger partial charge in [-0.3, -0.25) is 0 Å². The van der Waals surface area contributed by atoms with E-state index in [1.807, 2.05) is 0 Å². The van der Waals surface area contributed by atoms with Gasteiger partial charge in [0.2, 0.25) is 0 Å². The van der Waals surface area contributed by atoms with Crippen LogP contribution in [0.4, 0.5) is 0 Å². The van der Waals surface area contributed by atoms with Crippen molar-refractivity contribution in [3.8, 4) is 0 Å². The van der Waals surface area contributed by atoms with Crippen LogP contribution in [-0.4, -0.2) is 19.0 Å². The molecule has 0 aliphatic carbocycles. The number of hydrogen-bond acceptors (Lipinski definition) is 1. The van der Waals surface area contributed by atoms with Crippen molar-refractivity contribution in [1.82, 2.24) is 4.90 Å². The largest absolute Gasteiger partial charge is 0.381 e. The van der Waals surface area contributed by atoms with Crippen LogP contribution in [0, 0.1) is 5.92 Å². The normalized spacial score (nSPS) is 12.7. The molecule has 0 bridgehead atoms. The van der Waals surface area contributed by atoms with Crippen LogP contribution < -0.4 is 0 Å². The predicted molar refractivity (Wildman–Crippen MR) is 51.5 cm³/mol. The van der Waals surface area contributed by atoms with E-state index in [0.29, 0.717) is 0 Å². The number of nitrogens with zero attached hydrogens (tertiary/aromatic N) is 1. The van der Waals surface area contributed by atoms with Crippen molar-refractivity contribution < 1.29 is 0 Å². The lowest BCUT2D eigenvalue weighted by Crippen LogP contribution is -2.12. The van der Waals surface area contributed by atoms with Gasteiger partial charge in [-0.25, -0.2) is 0 Å². The molecule has 0 aliphatic heterocycles. The first-order valence-electron chi connectivity index (χ1n) is 4.43. The zero-order chi connectivity index (χ0) is 8.85. The van der Waals surface area contributed by atoms with Gasteiger partial charge in [0.05, 0.1) is 0 Å². The second kappa shape index (κ2) is 5.22. The maximum atomic E-state index is 4.00. The summed E-state index contributed by atoms with van der Waals surface area (Å²) in [5.74, 6) is 0.787. The van der Waals surface area contributed by atoms with Gasteiger partial charge in [0.1, 0.15) is 0 Å². The molecule has 0 saturated heterocycles. The van der Waals surface area contributed by atoms with Crippen molar-refractivity contribution in [3.63, 3.8) is 0 Å². The summed E-state index contributed by atoms with van der Waals surface area (Å²) < 4.78 is 0. The van der Waals surface area contributed by atoms with Gasteiger partial charge in [0.25, 0.3) is 0 Å². The van der Waals surface area contributed by atoms with E-state index in [-0.39, 0.29) is 0 Å². The fourth-order valence-electron chi connectivity index (χ4n) is 1.18. The summed E-state index contributed by atoms with van der Waals surface area (Å²) in [5, 5.41) is 0. The van der Waals surface area contributed by atoms with E-state index >= 15 is 0 Å². The Morgan fingerprint density at radius 3 is 2.36 bits per heavy atom. The van der Waals surface area contributed by atoms with Gasteiger partial charge in [-0.1, -0.05) is 33.3 Å². The Balaban J connectivity index is 3.57. The molecule has 0 aromatic carbocycles. The minimum atomic E-state index is 0.787. The van der Waals surface area contributed by atoms with Crippen molar-refractivity contribution in [1.29, 1.82) is 0 Å². The maximum absolute atomic E-state index is 4.00. The van der Waals surface area contributed by atoms with Crippen LogP contribution in [0.3, 0.4) is 0 Å². The fraction of sp³-hybridized carbons (Fsp3) is 0.800. The number of hydrogen-bond donors (Lipinski definition) is 0. The molecule has 1 atom stereocenters. The number of rotatable bonds is 5. The van der Waals surface area contributed by atoms with Crippen molar-refractivity contribution in [2.75, 3.05) is 14.1 Å². The lowest BCUT2D eigenvalue weighted by Gasteiger charge is -2.19. The van der Waals surface area contributed by atoms with Gasteiger partial charge in [0, 0.05) is 19.8 Å². The van der Waals surface area contributed by atoms with Crippen molar-refractivity contribution >= 4 is 0 Å². The maximum Gasteiger partial charge on any atom is 0.00579 e. The van der Waals surface area contributed by atoms with Crippen molar-refractivity contribution in [3.05, 3.63) is 12.3 Å². The molecule has 0 aromatic heterocycles. The Bertz CT molecular complexity index is 116. The van der Waals surface area contributed by atoms with E-state index < -0.39 is 0 Å². The quantitative estimate of drug-likeness (QED) is 0.590. The Morgan fingerprint density at radius 1 is 1.45 bits per heavy atom. The highest BCUT2D eigenvalue weighted by molar-refractivity contribution is 4.91. The summed E-state index contributed by atoms with van der Waals surface area (Å²) in [4.78, 5) is 2.10. The molecule has 0 rings (SSSR count). The third kappa shape index (κ3) is 4.88. The highest BCUT2D eigenvalue weighted by Crippen LogP contribution is 2.15. The van der Waals surface area contributed by atoms with Gasteiger partial charge in [-0.2, -0.15) is 0 Å². The predicted octanol–water partition coefficient (Wildman–Crippen LogP) is 2.89. The Hall–Kier alpha value is -0.460. The summed E-state index contributed by atoms with van der Waals surface area (Å²) in [6.07, 6.45) is 3.73. The third-order valence-electron chi connectivity index (χ3n) is 2.00. The summed E-state index contributed by atoms with van der Waals surface area (Å²) in [6.45, 7) is 8.52. The Kier molecular flexibility index (Phi) is 5.01. The molecule has 66 valence electrons. The molecule has 0 heterocycles. The van der Waals surface area contributed by atoms with Crippen LogP contribution in [0.5, 0.6) is 0 Å². The summed E-state index contributed by atoms with van der Waals surface area (Å²) in [6, 6.07) is 0. The van der Waals surface area contributed by atoms with E-state index in [1.165, 1.54) is 18.5 Å². The summed E-state index contributed by atoms with van der Waals surface area (Å²) in [7, 11) is 4.11. The molecule has 0 saturated carbocycles.